The molecule has 1 aromatic heterocycles. The Bertz CT molecular complexity index is 326. The lowest BCUT2D eigenvalue weighted by Crippen LogP contribution is -1.95. The van der Waals surface area contributed by atoms with Gasteiger partial charge < -0.3 is 4.74 Å². The average molecular weight is 306 g/mol. The normalized spacial score (nSPS) is 11.0. The third-order valence-corrected chi connectivity index (χ3v) is 4.08. The number of hydrogen-bond acceptors (Lipinski definition) is 2. The molecule has 1 heterocycles. The summed E-state index contributed by atoms with van der Waals surface area (Å²) in [6, 6.07) is 4.21. The third-order valence-electron chi connectivity index (χ3n) is 4.08. The molecule has 0 unspecified atom stereocenters. The number of aromatic nitrogens is 1. The summed E-state index contributed by atoms with van der Waals surface area (Å²) in [6.45, 7) is 4.06. The summed E-state index contributed by atoms with van der Waals surface area (Å²) in [6.07, 6.45) is 19.9. The largest absolute Gasteiger partial charge is 0.381 e. The third kappa shape index (κ3) is 11.7. The van der Waals surface area contributed by atoms with Gasteiger partial charge in [0.1, 0.15) is 0 Å². The van der Waals surface area contributed by atoms with Crippen LogP contribution in [0.5, 0.6) is 0 Å². The smallest absolute Gasteiger partial charge is 0.0466 e. The number of aryl methyl sites for hydroxylation is 1. The van der Waals surface area contributed by atoms with Crippen molar-refractivity contribution < 1.29 is 4.74 Å². The van der Waals surface area contributed by atoms with E-state index in [4.69, 9.17) is 4.74 Å². The first-order valence-electron chi connectivity index (χ1n) is 9.40. The molecule has 0 aliphatic heterocycles. The van der Waals surface area contributed by atoms with E-state index in [2.05, 4.69) is 18.0 Å². The molecule has 0 amide bonds. The van der Waals surface area contributed by atoms with Crippen LogP contribution in [0.2, 0.25) is 0 Å². The van der Waals surface area contributed by atoms with Gasteiger partial charge in [0.05, 0.1) is 0 Å². The summed E-state index contributed by atoms with van der Waals surface area (Å²) in [5, 5.41) is 0. The molecule has 2 heteroatoms. The van der Waals surface area contributed by atoms with Gasteiger partial charge in [0.25, 0.3) is 0 Å². The quantitative estimate of drug-likeness (QED) is 0.373. The molecule has 0 aromatic carbocycles. The van der Waals surface area contributed by atoms with Crippen molar-refractivity contribution in [1.82, 2.24) is 4.98 Å². The maximum absolute atomic E-state index is 5.49. The van der Waals surface area contributed by atoms with Gasteiger partial charge in [-0.15, -0.1) is 0 Å². The Morgan fingerprint density at radius 1 is 0.818 bits per heavy atom. The molecule has 22 heavy (non-hydrogen) atoms. The average Bonchev–Trinajstić information content (AvgIpc) is 2.56. The molecule has 1 rings (SSSR count). The maximum Gasteiger partial charge on any atom is 0.0466 e. The Hall–Kier alpha value is -0.890. The van der Waals surface area contributed by atoms with Crippen LogP contribution < -0.4 is 0 Å². The monoisotopic (exact) mass is 305 g/mol. The second-order valence-corrected chi connectivity index (χ2v) is 6.26. The fourth-order valence-corrected chi connectivity index (χ4v) is 2.74. The molecule has 0 spiro atoms. The van der Waals surface area contributed by atoms with Gasteiger partial charge in [-0.3, -0.25) is 4.98 Å². The zero-order valence-electron chi connectivity index (χ0n) is 14.6. The maximum atomic E-state index is 5.49. The van der Waals surface area contributed by atoms with Crippen LogP contribution in [0.1, 0.15) is 83.1 Å². The van der Waals surface area contributed by atoms with E-state index in [0.29, 0.717) is 0 Å². The molecule has 0 fully saturated rings. The van der Waals surface area contributed by atoms with Gasteiger partial charge in [0.15, 0.2) is 0 Å². The van der Waals surface area contributed by atoms with Crippen LogP contribution in [0, 0.1) is 0 Å². The molecule has 126 valence electrons. The van der Waals surface area contributed by atoms with E-state index in [1.54, 1.807) is 0 Å². The lowest BCUT2D eigenvalue weighted by atomic mass is 10.0. The standard InChI is InChI=1S/C20H35NO/c1-2-17-22-18-12-10-8-6-4-3-5-7-9-11-14-20-15-13-16-21-19-20/h13,15-16,19H,2-12,14,17-18H2,1H3. The highest BCUT2D eigenvalue weighted by atomic mass is 16.5. The summed E-state index contributed by atoms with van der Waals surface area (Å²) >= 11 is 0. The summed E-state index contributed by atoms with van der Waals surface area (Å²) in [4.78, 5) is 4.16. The van der Waals surface area contributed by atoms with Crippen LogP contribution in [-0.4, -0.2) is 18.2 Å². The minimum atomic E-state index is 0.931. The van der Waals surface area contributed by atoms with Crippen molar-refractivity contribution in [3.63, 3.8) is 0 Å². The van der Waals surface area contributed by atoms with Crippen LogP contribution in [0.25, 0.3) is 0 Å². The molecule has 0 saturated carbocycles. The first-order valence-corrected chi connectivity index (χ1v) is 9.40. The molecular formula is C20H35NO. The first kappa shape index (κ1) is 19.2. The van der Waals surface area contributed by atoms with Crippen LogP contribution in [-0.2, 0) is 11.2 Å². The fourth-order valence-electron chi connectivity index (χ4n) is 2.74. The summed E-state index contributed by atoms with van der Waals surface area (Å²) in [5.41, 5.74) is 1.38. The van der Waals surface area contributed by atoms with Gasteiger partial charge >= 0.3 is 0 Å². The molecule has 0 radical (unpaired) electrons. The number of ether oxygens (including phenoxy) is 1. The topological polar surface area (TPSA) is 22.1 Å². The van der Waals surface area contributed by atoms with E-state index in [-0.39, 0.29) is 0 Å². The van der Waals surface area contributed by atoms with Gasteiger partial charge in [-0.2, -0.15) is 0 Å². The van der Waals surface area contributed by atoms with Crippen LogP contribution in [0.3, 0.4) is 0 Å². The number of hydrogen-bond donors (Lipinski definition) is 0. The van der Waals surface area contributed by atoms with Crippen molar-refractivity contribution in [2.75, 3.05) is 13.2 Å². The number of nitrogens with zero attached hydrogens (tertiary/aromatic N) is 1. The van der Waals surface area contributed by atoms with Crippen molar-refractivity contribution in [3.05, 3.63) is 30.1 Å². The van der Waals surface area contributed by atoms with Gasteiger partial charge in [0.2, 0.25) is 0 Å². The lowest BCUT2D eigenvalue weighted by Gasteiger charge is -2.04. The second kappa shape index (κ2) is 15.0. The second-order valence-electron chi connectivity index (χ2n) is 6.26. The Kier molecular flexibility index (Phi) is 13.1. The van der Waals surface area contributed by atoms with Crippen molar-refractivity contribution in [2.45, 2.75) is 84.0 Å². The Labute approximate surface area is 137 Å². The van der Waals surface area contributed by atoms with Crippen molar-refractivity contribution in [1.29, 1.82) is 0 Å². The summed E-state index contributed by atoms with van der Waals surface area (Å²) in [5.74, 6) is 0. The summed E-state index contributed by atoms with van der Waals surface area (Å²) in [7, 11) is 0. The molecule has 0 aliphatic rings. The van der Waals surface area contributed by atoms with Crippen molar-refractivity contribution in [2.24, 2.45) is 0 Å². The number of rotatable bonds is 15. The predicted octanol–water partition coefficient (Wildman–Crippen LogP) is 5.95. The summed E-state index contributed by atoms with van der Waals surface area (Å²) < 4.78 is 5.49. The van der Waals surface area contributed by atoms with E-state index in [0.717, 1.165) is 19.6 Å². The van der Waals surface area contributed by atoms with E-state index >= 15 is 0 Å². The molecule has 0 bridgehead atoms. The zero-order chi connectivity index (χ0) is 15.7. The van der Waals surface area contributed by atoms with Crippen LogP contribution in [0.4, 0.5) is 0 Å². The van der Waals surface area contributed by atoms with E-state index < -0.39 is 0 Å². The van der Waals surface area contributed by atoms with Gasteiger partial charge in [0, 0.05) is 25.6 Å². The van der Waals surface area contributed by atoms with Gasteiger partial charge in [-0.1, -0.05) is 64.4 Å². The van der Waals surface area contributed by atoms with Crippen molar-refractivity contribution in [3.8, 4) is 0 Å². The number of pyridine rings is 1. The van der Waals surface area contributed by atoms with Gasteiger partial charge in [-0.25, -0.2) is 0 Å². The van der Waals surface area contributed by atoms with Gasteiger partial charge in [-0.05, 0) is 37.3 Å². The fraction of sp³-hybridized carbons (Fsp3) is 0.750. The predicted molar refractivity (Wildman–Crippen MR) is 95.2 cm³/mol. The number of unbranched alkanes of at least 4 members (excludes halogenated alkanes) is 9. The molecule has 0 N–H and O–H groups in total. The van der Waals surface area contributed by atoms with E-state index in [1.807, 2.05) is 18.5 Å². The molecule has 0 atom stereocenters. The van der Waals surface area contributed by atoms with Crippen molar-refractivity contribution >= 4 is 0 Å². The molecule has 2 nitrogen and oxygen atoms in total. The van der Waals surface area contributed by atoms with E-state index in [1.165, 1.54) is 76.2 Å². The van der Waals surface area contributed by atoms with Crippen LogP contribution in [0.15, 0.2) is 24.5 Å². The molecule has 0 saturated heterocycles. The lowest BCUT2D eigenvalue weighted by molar-refractivity contribution is 0.130. The molecule has 1 aromatic rings. The SMILES string of the molecule is CCCOCCCCCCCCCCCCc1cccnc1. The van der Waals surface area contributed by atoms with Crippen LogP contribution >= 0.6 is 0 Å². The van der Waals surface area contributed by atoms with E-state index in [9.17, 15) is 0 Å². The first-order chi connectivity index (χ1) is 10.9. The molecule has 0 aliphatic carbocycles. The minimum absolute atomic E-state index is 0.931. The Balaban J connectivity index is 1.73. The molecular weight excluding hydrogens is 270 g/mol. The Morgan fingerprint density at radius 2 is 1.45 bits per heavy atom. The minimum Gasteiger partial charge on any atom is -0.381 e. The zero-order valence-corrected chi connectivity index (χ0v) is 14.6. The highest BCUT2D eigenvalue weighted by Gasteiger charge is 1.95. The highest BCUT2D eigenvalue weighted by molar-refractivity contribution is 5.08. The Morgan fingerprint density at radius 3 is 2.05 bits per heavy atom. The highest BCUT2D eigenvalue weighted by Crippen LogP contribution is 2.12.